The van der Waals surface area contributed by atoms with Gasteiger partial charge in [-0.1, -0.05) is 13.3 Å². The van der Waals surface area contributed by atoms with Gasteiger partial charge in [0.2, 0.25) is 11.8 Å². The van der Waals surface area contributed by atoms with E-state index in [1.807, 2.05) is 9.80 Å². The van der Waals surface area contributed by atoms with Gasteiger partial charge in [0.25, 0.3) is 0 Å². The van der Waals surface area contributed by atoms with Gasteiger partial charge in [0.15, 0.2) is 0 Å². The van der Waals surface area contributed by atoms with Crippen molar-refractivity contribution in [3.8, 4) is 0 Å². The van der Waals surface area contributed by atoms with E-state index in [-0.39, 0.29) is 23.8 Å². The first-order valence-corrected chi connectivity index (χ1v) is 7.80. The summed E-state index contributed by atoms with van der Waals surface area (Å²) in [7, 11) is 0. The zero-order chi connectivity index (χ0) is 14.7. The summed E-state index contributed by atoms with van der Waals surface area (Å²) >= 11 is 0. The van der Waals surface area contributed by atoms with Crippen LogP contribution >= 0.6 is 0 Å². The topological polar surface area (TPSA) is 66.6 Å². The maximum absolute atomic E-state index is 12.7. The smallest absolute Gasteiger partial charge is 0.227 e. The Morgan fingerprint density at radius 3 is 2.35 bits per heavy atom. The monoisotopic (exact) mass is 281 g/mol. The molecule has 0 bridgehead atoms. The minimum absolute atomic E-state index is 0.0107. The Morgan fingerprint density at radius 1 is 1.00 bits per heavy atom. The minimum atomic E-state index is -0.0253. The summed E-state index contributed by atoms with van der Waals surface area (Å²) in [6.07, 6.45) is 4.00. The second kappa shape index (κ2) is 6.57. The maximum Gasteiger partial charge on any atom is 0.227 e. The van der Waals surface area contributed by atoms with Gasteiger partial charge in [0.1, 0.15) is 0 Å². The molecule has 0 radical (unpaired) electrons. The molecular weight excluding hydrogens is 254 g/mol. The second-order valence-electron chi connectivity index (χ2n) is 6.28. The molecule has 20 heavy (non-hydrogen) atoms. The van der Waals surface area contributed by atoms with E-state index in [2.05, 4.69) is 6.92 Å². The summed E-state index contributed by atoms with van der Waals surface area (Å²) < 4.78 is 0. The van der Waals surface area contributed by atoms with Crippen molar-refractivity contribution in [2.45, 2.75) is 45.6 Å². The van der Waals surface area contributed by atoms with Gasteiger partial charge in [-0.15, -0.1) is 0 Å². The van der Waals surface area contributed by atoms with Crippen LogP contribution in [0, 0.1) is 11.8 Å². The average Bonchev–Trinajstić information content (AvgIpc) is 2.67. The molecule has 1 saturated carbocycles. The zero-order valence-corrected chi connectivity index (χ0v) is 12.7. The molecule has 2 fully saturated rings. The molecule has 3 atom stereocenters. The molecule has 0 aromatic rings. The number of amides is 2. The van der Waals surface area contributed by atoms with E-state index in [0.29, 0.717) is 19.0 Å². The number of hydrogen-bond donors (Lipinski definition) is 1. The van der Waals surface area contributed by atoms with Crippen LogP contribution in [0.15, 0.2) is 0 Å². The molecule has 0 spiro atoms. The summed E-state index contributed by atoms with van der Waals surface area (Å²) in [4.78, 5) is 27.9. The highest BCUT2D eigenvalue weighted by Gasteiger charge is 2.35. The van der Waals surface area contributed by atoms with Crippen LogP contribution in [0.2, 0.25) is 0 Å². The lowest BCUT2D eigenvalue weighted by Crippen LogP contribution is -2.49. The number of hydrogen-bond acceptors (Lipinski definition) is 3. The third kappa shape index (κ3) is 3.32. The fraction of sp³-hybridized carbons (Fsp3) is 0.867. The van der Waals surface area contributed by atoms with Crippen molar-refractivity contribution < 1.29 is 9.59 Å². The molecule has 0 aromatic carbocycles. The van der Waals surface area contributed by atoms with E-state index >= 15 is 0 Å². The van der Waals surface area contributed by atoms with Gasteiger partial charge in [-0.25, -0.2) is 0 Å². The van der Waals surface area contributed by atoms with Gasteiger partial charge in [0, 0.05) is 39.1 Å². The predicted octanol–water partition coefficient (Wildman–Crippen LogP) is 0.831. The summed E-state index contributed by atoms with van der Waals surface area (Å²) in [5, 5.41) is 0. The first-order chi connectivity index (χ1) is 9.50. The van der Waals surface area contributed by atoms with Gasteiger partial charge in [0.05, 0.1) is 5.92 Å². The van der Waals surface area contributed by atoms with Crippen LogP contribution in [-0.4, -0.2) is 53.8 Å². The van der Waals surface area contributed by atoms with E-state index < -0.39 is 0 Å². The van der Waals surface area contributed by atoms with Crippen LogP contribution in [0.25, 0.3) is 0 Å². The fourth-order valence-corrected chi connectivity index (χ4v) is 3.42. The summed E-state index contributed by atoms with van der Waals surface area (Å²) in [5.41, 5.74) is 6.23. The van der Waals surface area contributed by atoms with Crippen molar-refractivity contribution >= 4 is 11.8 Å². The molecule has 114 valence electrons. The molecule has 3 unspecified atom stereocenters. The molecule has 0 aromatic heterocycles. The van der Waals surface area contributed by atoms with Crippen LogP contribution in [0.4, 0.5) is 0 Å². The molecule has 5 heteroatoms. The van der Waals surface area contributed by atoms with Crippen molar-refractivity contribution in [3.05, 3.63) is 0 Å². The Kier molecular flexibility index (Phi) is 5.02. The van der Waals surface area contributed by atoms with E-state index in [1.54, 1.807) is 6.92 Å². The Balaban J connectivity index is 1.96. The predicted molar refractivity (Wildman–Crippen MR) is 77.9 cm³/mol. The molecule has 2 aliphatic rings. The molecule has 1 aliphatic heterocycles. The summed E-state index contributed by atoms with van der Waals surface area (Å²) in [6, 6.07) is -0.0107. The molecule has 2 N–H and O–H groups in total. The zero-order valence-electron chi connectivity index (χ0n) is 12.7. The Hall–Kier alpha value is -1.10. The molecule has 1 saturated heterocycles. The number of nitrogens with two attached hydrogens (primary N) is 1. The van der Waals surface area contributed by atoms with Crippen LogP contribution in [0.5, 0.6) is 0 Å². The summed E-state index contributed by atoms with van der Waals surface area (Å²) in [6.45, 7) is 6.54. The lowest BCUT2D eigenvalue weighted by Gasteiger charge is -2.36. The largest absolute Gasteiger partial charge is 0.341 e. The number of nitrogens with zero attached hydrogens (tertiary/aromatic N) is 2. The highest BCUT2D eigenvalue weighted by molar-refractivity contribution is 5.80. The van der Waals surface area contributed by atoms with E-state index in [4.69, 9.17) is 5.73 Å². The van der Waals surface area contributed by atoms with Crippen molar-refractivity contribution in [2.24, 2.45) is 17.6 Å². The SMILES string of the molecule is CC(=O)N1CCCN(C(=O)C2CCCC(C)C2N)CC1. The number of rotatable bonds is 1. The van der Waals surface area contributed by atoms with E-state index in [9.17, 15) is 9.59 Å². The minimum Gasteiger partial charge on any atom is -0.341 e. The lowest BCUT2D eigenvalue weighted by molar-refractivity contribution is -0.138. The van der Waals surface area contributed by atoms with Gasteiger partial charge in [-0.05, 0) is 25.2 Å². The van der Waals surface area contributed by atoms with Crippen LogP contribution in [0.1, 0.15) is 39.5 Å². The first kappa shape index (κ1) is 15.3. The standard InChI is InChI=1S/C15H27N3O2/c1-11-5-3-6-13(14(11)16)15(20)18-8-4-7-17(9-10-18)12(2)19/h11,13-14H,3-10,16H2,1-2H3. The molecule has 1 aliphatic carbocycles. The lowest BCUT2D eigenvalue weighted by atomic mass is 9.77. The quantitative estimate of drug-likeness (QED) is 0.774. The average molecular weight is 281 g/mol. The van der Waals surface area contributed by atoms with Gasteiger partial charge in [-0.2, -0.15) is 0 Å². The fourth-order valence-electron chi connectivity index (χ4n) is 3.42. The highest BCUT2D eigenvalue weighted by atomic mass is 16.2. The van der Waals surface area contributed by atoms with Crippen molar-refractivity contribution in [3.63, 3.8) is 0 Å². The Bertz CT molecular complexity index is 372. The number of carbonyl (C=O) groups excluding carboxylic acids is 2. The van der Waals surface area contributed by atoms with Crippen molar-refractivity contribution in [1.82, 2.24) is 9.80 Å². The van der Waals surface area contributed by atoms with Crippen LogP contribution in [-0.2, 0) is 9.59 Å². The third-order valence-electron chi connectivity index (χ3n) is 4.87. The van der Waals surface area contributed by atoms with Crippen LogP contribution < -0.4 is 5.73 Å². The van der Waals surface area contributed by atoms with Crippen molar-refractivity contribution in [1.29, 1.82) is 0 Å². The van der Waals surface area contributed by atoms with Crippen LogP contribution in [0.3, 0.4) is 0 Å². The second-order valence-corrected chi connectivity index (χ2v) is 6.28. The normalized spacial score (nSPS) is 31.9. The summed E-state index contributed by atoms with van der Waals surface area (Å²) in [5.74, 6) is 0.706. The maximum atomic E-state index is 12.7. The first-order valence-electron chi connectivity index (χ1n) is 7.80. The van der Waals surface area contributed by atoms with Gasteiger partial charge >= 0.3 is 0 Å². The Morgan fingerprint density at radius 2 is 1.65 bits per heavy atom. The molecule has 5 nitrogen and oxygen atoms in total. The van der Waals surface area contributed by atoms with Crippen molar-refractivity contribution in [2.75, 3.05) is 26.2 Å². The molecule has 2 rings (SSSR count). The van der Waals surface area contributed by atoms with E-state index in [0.717, 1.165) is 38.8 Å². The molecular formula is C15H27N3O2. The van der Waals surface area contributed by atoms with Gasteiger partial charge < -0.3 is 15.5 Å². The highest BCUT2D eigenvalue weighted by Crippen LogP contribution is 2.29. The molecule has 2 amide bonds. The third-order valence-corrected chi connectivity index (χ3v) is 4.87. The van der Waals surface area contributed by atoms with E-state index in [1.165, 1.54) is 0 Å². The van der Waals surface area contributed by atoms with Gasteiger partial charge in [-0.3, -0.25) is 9.59 Å². The molecule has 1 heterocycles. The number of carbonyl (C=O) groups is 2. The Labute approximate surface area is 121 Å².